The van der Waals surface area contributed by atoms with Crippen LogP contribution in [-0.2, 0) is 6.54 Å². The van der Waals surface area contributed by atoms with E-state index in [4.69, 9.17) is 0 Å². The first-order chi connectivity index (χ1) is 8.56. The standard InChI is InChI=1S/C16H21NS/c1-11-6-5-7-15(8-11)10-17-13(3)16-9-12(2)18-14(16)4/h5-9,13,17H,10H2,1-4H3. The summed E-state index contributed by atoms with van der Waals surface area (Å²) in [5.41, 5.74) is 4.11. The first-order valence-electron chi connectivity index (χ1n) is 6.42. The van der Waals surface area contributed by atoms with Gasteiger partial charge >= 0.3 is 0 Å². The highest BCUT2D eigenvalue weighted by molar-refractivity contribution is 7.12. The molecular formula is C16H21NS. The van der Waals surface area contributed by atoms with Gasteiger partial charge in [0.15, 0.2) is 0 Å². The Kier molecular flexibility index (Phi) is 4.20. The topological polar surface area (TPSA) is 12.0 Å². The van der Waals surface area contributed by atoms with Crippen LogP contribution < -0.4 is 5.32 Å². The van der Waals surface area contributed by atoms with Crippen molar-refractivity contribution < 1.29 is 0 Å². The van der Waals surface area contributed by atoms with Crippen LogP contribution in [0.5, 0.6) is 0 Å². The Morgan fingerprint density at radius 2 is 1.94 bits per heavy atom. The number of hydrogen-bond donors (Lipinski definition) is 1. The van der Waals surface area contributed by atoms with Gasteiger partial charge in [0.1, 0.15) is 0 Å². The second-order valence-corrected chi connectivity index (χ2v) is 6.42. The van der Waals surface area contributed by atoms with Gasteiger partial charge in [-0.05, 0) is 44.9 Å². The van der Waals surface area contributed by atoms with Gasteiger partial charge in [-0.25, -0.2) is 0 Å². The smallest absolute Gasteiger partial charge is 0.0305 e. The molecule has 0 aliphatic rings. The highest BCUT2D eigenvalue weighted by atomic mass is 32.1. The van der Waals surface area contributed by atoms with Crippen LogP contribution in [0.15, 0.2) is 30.3 Å². The van der Waals surface area contributed by atoms with Crippen molar-refractivity contribution in [2.24, 2.45) is 0 Å². The van der Waals surface area contributed by atoms with E-state index in [9.17, 15) is 0 Å². The van der Waals surface area contributed by atoms with Gasteiger partial charge in [-0.3, -0.25) is 0 Å². The van der Waals surface area contributed by atoms with Crippen molar-refractivity contribution >= 4 is 11.3 Å². The van der Waals surface area contributed by atoms with E-state index in [2.05, 4.69) is 63.3 Å². The molecule has 0 aliphatic carbocycles. The predicted octanol–water partition coefficient (Wildman–Crippen LogP) is 4.52. The third-order valence-corrected chi connectivity index (χ3v) is 4.22. The van der Waals surface area contributed by atoms with Crippen LogP contribution >= 0.6 is 11.3 Å². The van der Waals surface area contributed by atoms with Crippen LogP contribution in [0.25, 0.3) is 0 Å². The number of benzene rings is 1. The third kappa shape index (κ3) is 3.21. The average molecular weight is 259 g/mol. The number of aryl methyl sites for hydroxylation is 3. The fourth-order valence-electron chi connectivity index (χ4n) is 2.28. The van der Waals surface area contributed by atoms with Crippen LogP contribution in [0, 0.1) is 20.8 Å². The lowest BCUT2D eigenvalue weighted by Crippen LogP contribution is -2.18. The Labute approximate surface area is 114 Å². The van der Waals surface area contributed by atoms with Gasteiger partial charge in [0.2, 0.25) is 0 Å². The maximum atomic E-state index is 3.60. The molecule has 1 nitrogen and oxygen atoms in total. The van der Waals surface area contributed by atoms with Crippen molar-refractivity contribution in [1.29, 1.82) is 0 Å². The van der Waals surface area contributed by atoms with Crippen molar-refractivity contribution in [1.82, 2.24) is 5.32 Å². The summed E-state index contributed by atoms with van der Waals surface area (Å²) in [4.78, 5) is 2.82. The fourth-order valence-corrected chi connectivity index (χ4v) is 3.31. The highest BCUT2D eigenvalue weighted by Crippen LogP contribution is 2.26. The van der Waals surface area contributed by atoms with Gasteiger partial charge in [0.05, 0.1) is 0 Å². The molecule has 0 radical (unpaired) electrons. The minimum absolute atomic E-state index is 0.412. The normalized spacial score (nSPS) is 12.7. The van der Waals surface area contributed by atoms with E-state index in [0.29, 0.717) is 6.04 Å². The highest BCUT2D eigenvalue weighted by Gasteiger charge is 2.10. The first kappa shape index (κ1) is 13.3. The van der Waals surface area contributed by atoms with E-state index < -0.39 is 0 Å². The van der Waals surface area contributed by atoms with Crippen LogP contribution in [0.1, 0.15) is 39.4 Å². The number of nitrogens with one attached hydrogen (secondary N) is 1. The maximum Gasteiger partial charge on any atom is 0.0305 e. The summed E-state index contributed by atoms with van der Waals surface area (Å²) >= 11 is 1.88. The van der Waals surface area contributed by atoms with Crippen LogP contribution in [0.4, 0.5) is 0 Å². The summed E-state index contributed by atoms with van der Waals surface area (Å²) < 4.78 is 0. The van der Waals surface area contributed by atoms with E-state index in [-0.39, 0.29) is 0 Å². The summed E-state index contributed by atoms with van der Waals surface area (Å²) in [5, 5.41) is 3.60. The average Bonchev–Trinajstić information content (AvgIpc) is 2.66. The van der Waals surface area contributed by atoms with Crippen molar-refractivity contribution in [3.05, 3.63) is 56.8 Å². The minimum atomic E-state index is 0.412. The molecule has 2 aromatic rings. The quantitative estimate of drug-likeness (QED) is 0.851. The molecule has 0 saturated carbocycles. The lowest BCUT2D eigenvalue weighted by Gasteiger charge is -2.14. The summed E-state index contributed by atoms with van der Waals surface area (Å²) in [6, 6.07) is 11.4. The Morgan fingerprint density at radius 3 is 2.56 bits per heavy atom. The van der Waals surface area contributed by atoms with Gasteiger partial charge < -0.3 is 5.32 Å². The molecule has 0 bridgehead atoms. The number of thiophene rings is 1. The minimum Gasteiger partial charge on any atom is -0.306 e. The molecule has 96 valence electrons. The molecule has 1 aromatic carbocycles. The SMILES string of the molecule is Cc1cccc(CNC(C)c2cc(C)sc2C)c1. The van der Waals surface area contributed by atoms with Crippen molar-refractivity contribution in [2.45, 2.75) is 40.3 Å². The summed E-state index contributed by atoms with van der Waals surface area (Å²) in [5.74, 6) is 0. The van der Waals surface area contributed by atoms with Crippen LogP contribution in [0.3, 0.4) is 0 Å². The number of hydrogen-bond acceptors (Lipinski definition) is 2. The first-order valence-corrected chi connectivity index (χ1v) is 7.24. The molecule has 1 atom stereocenters. The molecular weight excluding hydrogens is 238 g/mol. The molecule has 2 rings (SSSR count). The van der Waals surface area contributed by atoms with E-state index in [1.807, 2.05) is 11.3 Å². The third-order valence-electron chi connectivity index (χ3n) is 3.24. The van der Waals surface area contributed by atoms with E-state index in [0.717, 1.165) is 6.54 Å². The van der Waals surface area contributed by atoms with E-state index >= 15 is 0 Å². The summed E-state index contributed by atoms with van der Waals surface area (Å²) in [6.07, 6.45) is 0. The second-order valence-electron chi connectivity index (χ2n) is 4.96. The second kappa shape index (κ2) is 5.68. The molecule has 18 heavy (non-hydrogen) atoms. The molecule has 1 N–H and O–H groups in total. The molecule has 0 aliphatic heterocycles. The molecule has 0 spiro atoms. The maximum absolute atomic E-state index is 3.60. The van der Waals surface area contributed by atoms with Crippen molar-refractivity contribution in [2.75, 3.05) is 0 Å². The van der Waals surface area contributed by atoms with Crippen LogP contribution in [0.2, 0.25) is 0 Å². The van der Waals surface area contributed by atoms with Gasteiger partial charge in [0.25, 0.3) is 0 Å². The summed E-state index contributed by atoms with van der Waals surface area (Å²) in [6.45, 7) is 9.69. The van der Waals surface area contributed by atoms with Crippen LogP contribution in [-0.4, -0.2) is 0 Å². The lowest BCUT2D eigenvalue weighted by molar-refractivity contribution is 0.574. The van der Waals surface area contributed by atoms with Gasteiger partial charge in [-0.15, -0.1) is 11.3 Å². The zero-order chi connectivity index (χ0) is 13.1. The zero-order valence-electron chi connectivity index (χ0n) is 11.6. The van der Waals surface area contributed by atoms with E-state index in [1.54, 1.807) is 0 Å². The van der Waals surface area contributed by atoms with Gasteiger partial charge in [-0.2, -0.15) is 0 Å². The summed E-state index contributed by atoms with van der Waals surface area (Å²) in [7, 11) is 0. The molecule has 1 aromatic heterocycles. The molecule has 2 heteroatoms. The van der Waals surface area contributed by atoms with Gasteiger partial charge in [-0.1, -0.05) is 29.8 Å². The van der Waals surface area contributed by atoms with E-state index in [1.165, 1.54) is 26.4 Å². The largest absolute Gasteiger partial charge is 0.306 e. The Morgan fingerprint density at radius 1 is 1.17 bits per heavy atom. The molecule has 1 unspecified atom stereocenters. The predicted molar refractivity (Wildman–Crippen MR) is 80.2 cm³/mol. The van der Waals surface area contributed by atoms with Crippen molar-refractivity contribution in [3.63, 3.8) is 0 Å². The van der Waals surface area contributed by atoms with Gasteiger partial charge in [0, 0.05) is 22.3 Å². The Balaban J connectivity index is 2.00. The lowest BCUT2D eigenvalue weighted by atomic mass is 10.1. The molecule has 0 saturated heterocycles. The Bertz CT molecular complexity index is 528. The molecule has 0 fully saturated rings. The monoisotopic (exact) mass is 259 g/mol. The Hall–Kier alpha value is -1.12. The van der Waals surface area contributed by atoms with Crippen molar-refractivity contribution in [3.8, 4) is 0 Å². The fraction of sp³-hybridized carbons (Fsp3) is 0.375. The molecule has 0 amide bonds. The molecule has 1 heterocycles. The number of rotatable bonds is 4. The zero-order valence-corrected chi connectivity index (χ0v) is 12.4.